The lowest BCUT2D eigenvalue weighted by molar-refractivity contribution is 0.465. The number of benzene rings is 1. The van der Waals surface area contributed by atoms with E-state index in [-0.39, 0.29) is 6.04 Å². The molecule has 2 rings (SSSR count). The summed E-state index contributed by atoms with van der Waals surface area (Å²) in [5, 5.41) is 3.63. The molecule has 1 unspecified atom stereocenters. The lowest BCUT2D eigenvalue weighted by atomic mass is 10.0. The Hall–Kier alpha value is -1.25. The highest BCUT2D eigenvalue weighted by molar-refractivity contribution is 6.28. The number of halogens is 1. The number of furan rings is 1. The van der Waals surface area contributed by atoms with Crippen molar-refractivity contribution in [1.29, 1.82) is 0 Å². The zero-order chi connectivity index (χ0) is 11.5. The predicted molar refractivity (Wildman–Crippen MR) is 65.8 cm³/mol. The Morgan fingerprint density at radius 2 is 1.81 bits per heavy atom. The maximum atomic E-state index is 5.78. The molecule has 0 saturated heterocycles. The van der Waals surface area contributed by atoms with Gasteiger partial charge in [-0.05, 0) is 43.3 Å². The average molecular weight is 236 g/mol. The van der Waals surface area contributed by atoms with Crippen molar-refractivity contribution in [1.82, 2.24) is 5.32 Å². The summed E-state index contributed by atoms with van der Waals surface area (Å²) in [6.45, 7) is 2.07. The van der Waals surface area contributed by atoms with Gasteiger partial charge in [-0.1, -0.05) is 29.8 Å². The molecule has 0 aliphatic rings. The molecule has 1 aromatic carbocycles. The van der Waals surface area contributed by atoms with Gasteiger partial charge < -0.3 is 9.73 Å². The summed E-state index contributed by atoms with van der Waals surface area (Å²) in [6.07, 6.45) is 0. The number of hydrogen-bond donors (Lipinski definition) is 1. The summed E-state index contributed by atoms with van der Waals surface area (Å²) >= 11 is 5.78. The molecule has 0 saturated carbocycles. The maximum absolute atomic E-state index is 5.78. The van der Waals surface area contributed by atoms with Crippen molar-refractivity contribution in [2.24, 2.45) is 0 Å². The maximum Gasteiger partial charge on any atom is 0.193 e. The first kappa shape index (κ1) is 11.2. The topological polar surface area (TPSA) is 25.2 Å². The molecule has 0 aliphatic heterocycles. The highest BCUT2D eigenvalue weighted by Gasteiger charge is 2.15. The van der Waals surface area contributed by atoms with E-state index < -0.39 is 0 Å². The van der Waals surface area contributed by atoms with Crippen molar-refractivity contribution in [2.75, 3.05) is 7.05 Å². The van der Waals surface area contributed by atoms with Crippen LogP contribution in [0.2, 0.25) is 5.22 Å². The quantitative estimate of drug-likeness (QED) is 0.880. The average Bonchev–Trinajstić information content (AvgIpc) is 2.69. The Morgan fingerprint density at radius 1 is 1.12 bits per heavy atom. The summed E-state index contributed by atoms with van der Waals surface area (Å²) in [7, 11) is 1.90. The number of rotatable bonds is 3. The monoisotopic (exact) mass is 235 g/mol. The minimum absolute atomic E-state index is 0.0492. The molecule has 0 amide bonds. The van der Waals surface area contributed by atoms with Crippen LogP contribution in [0.4, 0.5) is 0 Å². The van der Waals surface area contributed by atoms with Crippen molar-refractivity contribution in [3.8, 4) is 0 Å². The van der Waals surface area contributed by atoms with Crippen LogP contribution in [0.3, 0.4) is 0 Å². The minimum atomic E-state index is 0.0492. The summed E-state index contributed by atoms with van der Waals surface area (Å²) in [5.41, 5.74) is 2.41. The number of hydrogen-bond acceptors (Lipinski definition) is 2. The fraction of sp³-hybridized carbons (Fsp3) is 0.231. The molecule has 1 atom stereocenters. The van der Waals surface area contributed by atoms with Crippen LogP contribution < -0.4 is 5.32 Å². The third-order valence-electron chi connectivity index (χ3n) is 2.58. The molecular weight excluding hydrogens is 222 g/mol. The third-order valence-corrected chi connectivity index (χ3v) is 2.78. The zero-order valence-corrected chi connectivity index (χ0v) is 10.1. The van der Waals surface area contributed by atoms with Crippen LogP contribution in [0.5, 0.6) is 0 Å². The Morgan fingerprint density at radius 3 is 2.31 bits per heavy atom. The van der Waals surface area contributed by atoms with E-state index in [2.05, 4.69) is 36.5 Å². The number of nitrogens with one attached hydrogen (secondary N) is 1. The first-order valence-corrected chi connectivity index (χ1v) is 5.57. The Bertz CT molecular complexity index is 461. The van der Waals surface area contributed by atoms with Crippen LogP contribution in [0, 0.1) is 6.92 Å². The Kier molecular flexibility index (Phi) is 3.32. The molecule has 2 aromatic rings. The summed E-state index contributed by atoms with van der Waals surface area (Å²) in [4.78, 5) is 0. The van der Waals surface area contributed by atoms with Crippen molar-refractivity contribution < 1.29 is 4.42 Å². The molecule has 0 spiro atoms. The van der Waals surface area contributed by atoms with E-state index in [9.17, 15) is 0 Å². The largest absolute Gasteiger partial charge is 0.448 e. The fourth-order valence-corrected chi connectivity index (χ4v) is 1.87. The summed E-state index contributed by atoms with van der Waals surface area (Å²) in [5.74, 6) is 0.830. The van der Waals surface area contributed by atoms with E-state index in [0.717, 1.165) is 5.76 Å². The highest BCUT2D eigenvalue weighted by Crippen LogP contribution is 2.25. The molecule has 0 radical (unpaired) electrons. The van der Waals surface area contributed by atoms with Gasteiger partial charge in [0.2, 0.25) is 0 Å². The van der Waals surface area contributed by atoms with Crippen molar-refractivity contribution in [3.63, 3.8) is 0 Å². The second-order valence-corrected chi connectivity index (χ2v) is 4.15. The van der Waals surface area contributed by atoms with Crippen LogP contribution >= 0.6 is 11.6 Å². The lowest BCUT2D eigenvalue weighted by Gasteiger charge is -2.14. The molecule has 1 N–H and O–H groups in total. The third kappa shape index (κ3) is 2.29. The first-order chi connectivity index (χ1) is 7.70. The van der Waals surface area contributed by atoms with Gasteiger partial charge in [0.15, 0.2) is 5.22 Å². The summed E-state index contributed by atoms with van der Waals surface area (Å²) in [6, 6.07) is 12.1. The van der Waals surface area contributed by atoms with Gasteiger partial charge >= 0.3 is 0 Å². The second kappa shape index (κ2) is 4.73. The van der Waals surface area contributed by atoms with Crippen LogP contribution in [0.25, 0.3) is 0 Å². The summed E-state index contributed by atoms with van der Waals surface area (Å²) < 4.78 is 5.42. The SMILES string of the molecule is CNC(c1ccc(C)cc1)c1ccc(Cl)o1. The Labute approximate surface area is 100 Å². The molecule has 0 aliphatic carbocycles. The molecule has 3 heteroatoms. The normalized spacial score (nSPS) is 12.7. The molecule has 1 heterocycles. The van der Waals surface area contributed by atoms with E-state index >= 15 is 0 Å². The predicted octanol–water partition coefficient (Wildman–Crippen LogP) is 3.55. The van der Waals surface area contributed by atoms with Crippen molar-refractivity contribution in [3.05, 3.63) is 58.5 Å². The number of aryl methyl sites for hydroxylation is 1. The van der Waals surface area contributed by atoms with E-state index in [1.54, 1.807) is 6.07 Å². The van der Waals surface area contributed by atoms with Gasteiger partial charge in [-0.2, -0.15) is 0 Å². The second-order valence-electron chi connectivity index (χ2n) is 3.77. The molecule has 2 nitrogen and oxygen atoms in total. The highest BCUT2D eigenvalue weighted by atomic mass is 35.5. The minimum Gasteiger partial charge on any atom is -0.448 e. The van der Waals surface area contributed by atoms with Gasteiger partial charge in [-0.3, -0.25) is 0 Å². The van der Waals surface area contributed by atoms with E-state index in [0.29, 0.717) is 5.22 Å². The molecule has 1 aromatic heterocycles. The first-order valence-electron chi connectivity index (χ1n) is 5.20. The fourth-order valence-electron chi connectivity index (χ4n) is 1.72. The standard InChI is InChI=1S/C13H14ClNO/c1-9-3-5-10(6-4-9)13(15-2)11-7-8-12(14)16-11/h3-8,13,15H,1-2H3. The Balaban J connectivity index is 2.32. The van der Waals surface area contributed by atoms with Crippen molar-refractivity contribution >= 4 is 11.6 Å². The van der Waals surface area contributed by atoms with E-state index in [1.165, 1.54) is 11.1 Å². The van der Waals surface area contributed by atoms with Crippen LogP contribution in [-0.4, -0.2) is 7.05 Å². The van der Waals surface area contributed by atoms with E-state index in [1.807, 2.05) is 13.1 Å². The molecule has 84 valence electrons. The smallest absolute Gasteiger partial charge is 0.193 e. The zero-order valence-electron chi connectivity index (χ0n) is 9.33. The van der Waals surface area contributed by atoms with Gasteiger partial charge in [0, 0.05) is 0 Å². The van der Waals surface area contributed by atoms with E-state index in [4.69, 9.17) is 16.0 Å². The van der Waals surface area contributed by atoms with Crippen LogP contribution in [-0.2, 0) is 0 Å². The van der Waals surface area contributed by atoms with Gasteiger partial charge in [-0.25, -0.2) is 0 Å². The van der Waals surface area contributed by atoms with Gasteiger partial charge in [0.05, 0.1) is 6.04 Å². The van der Waals surface area contributed by atoms with Gasteiger partial charge in [-0.15, -0.1) is 0 Å². The van der Waals surface area contributed by atoms with Gasteiger partial charge in [0.1, 0.15) is 5.76 Å². The molecule has 0 bridgehead atoms. The molecular formula is C13H14ClNO. The van der Waals surface area contributed by atoms with Crippen LogP contribution in [0.15, 0.2) is 40.8 Å². The lowest BCUT2D eigenvalue weighted by Crippen LogP contribution is -2.16. The molecule has 0 fully saturated rings. The van der Waals surface area contributed by atoms with Crippen LogP contribution in [0.1, 0.15) is 22.9 Å². The van der Waals surface area contributed by atoms with Crippen molar-refractivity contribution in [2.45, 2.75) is 13.0 Å². The molecule has 16 heavy (non-hydrogen) atoms. The van der Waals surface area contributed by atoms with Gasteiger partial charge in [0.25, 0.3) is 0 Å².